The summed E-state index contributed by atoms with van der Waals surface area (Å²) in [5.74, 6) is -1.05. The van der Waals surface area contributed by atoms with Crippen molar-refractivity contribution in [2.24, 2.45) is 17.8 Å². The van der Waals surface area contributed by atoms with Crippen molar-refractivity contribution in [1.82, 2.24) is 0 Å². The van der Waals surface area contributed by atoms with E-state index in [2.05, 4.69) is 6.92 Å². The molecule has 1 aromatic carbocycles. The molecule has 0 spiro atoms. The Balaban J connectivity index is 2.07. The maximum atomic E-state index is 12.4. The fourth-order valence-electron chi connectivity index (χ4n) is 3.31. The summed E-state index contributed by atoms with van der Waals surface area (Å²) in [7, 11) is 0. The molecule has 2 rings (SSSR count). The minimum Gasteiger partial charge on any atom is -0.481 e. The van der Waals surface area contributed by atoms with Crippen LogP contribution in [-0.4, -0.2) is 29.1 Å². The van der Waals surface area contributed by atoms with Gasteiger partial charge in [0.15, 0.2) is 5.78 Å². The molecular formula is C18H25NO4. The third kappa shape index (κ3) is 4.10. The lowest BCUT2D eigenvalue weighted by molar-refractivity contribution is -0.162. The molecule has 126 valence electrons. The monoisotopic (exact) mass is 319 g/mol. The van der Waals surface area contributed by atoms with Crippen LogP contribution in [0.25, 0.3) is 0 Å². The van der Waals surface area contributed by atoms with E-state index in [-0.39, 0.29) is 36.2 Å². The predicted octanol–water partition coefficient (Wildman–Crippen LogP) is 2.99. The summed E-state index contributed by atoms with van der Waals surface area (Å²) < 4.78 is 6.02. The molecule has 0 radical (unpaired) electrons. The molecule has 3 N–H and O–H groups in total. The van der Waals surface area contributed by atoms with Crippen LogP contribution >= 0.6 is 0 Å². The van der Waals surface area contributed by atoms with E-state index in [1.165, 1.54) is 0 Å². The lowest BCUT2D eigenvalue weighted by atomic mass is 9.80. The molecule has 1 aromatic rings. The van der Waals surface area contributed by atoms with Crippen molar-refractivity contribution in [2.75, 3.05) is 5.73 Å². The predicted molar refractivity (Wildman–Crippen MR) is 88.2 cm³/mol. The van der Waals surface area contributed by atoms with Crippen molar-refractivity contribution in [1.29, 1.82) is 0 Å². The normalized spacial score (nSPS) is 29.0. The minimum atomic E-state index is -0.861. The van der Waals surface area contributed by atoms with Gasteiger partial charge in [0.1, 0.15) is 0 Å². The van der Waals surface area contributed by atoms with E-state index in [4.69, 9.17) is 10.5 Å². The van der Waals surface area contributed by atoms with Gasteiger partial charge in [-0.05, 0) is 49.4 Å². The molecule has 1 aliphatic rings. The number of Topliss-reactive ketones (excluding diaryl/α,β-unsaturated/α-hetero) is 1. The SMILES string of the molecule is C[C@@H]1C[C@@H](C)[C@H](CC(=O)c2ccc(N)cc2)O[C@@H]1[C@@H](C)C(=O)O. The summed E-state index contributed by atoms with van der Waals surface area (Å²) in [4.78, 5) is 23.7. The molecule has 0 unspecified atom stereocenters. The highest BCUT2D eigenvalue weighted by Crippen LogP contribution is 2.35. The van der Waals surface area contributed by atoms with Crippen molar-refractivity contribution in [2.45, 2.75) is 45.8 Å². The molecule has 0 saturated carbocycles. The number of carboxylic acid groups (broad SMARTS) is 1. The summed E-state index contributed by atoms with van der Waals surface area (Å²) in [6.07, 6.45) is 0.527. The quantitative estimate of drug-likeness (QED) is 0.643. The number of anilines is 1. The van der Waals surface area contributed by atoms with Gasteiger partial charge in [0.05, 0.1) is 18.1 Å². The second-order valence-electron chi connectivity index (χ2n) is 6.71. The number of benzene rings is 1. The molecule has 1 aliphatic heterocycles. The maximum Gasteiger partial charge on any atom is 0.308 e. The second kappa shape index (κ2) is 7.13. The fourth-order valence-corrected chi connectivity index (χ4v) is 3.31. The lowest BCUT2D eigenvalue weighted by Crippen LogP contribution is -2.45. The third-order valence-corrected chi connectivity index (χ3v) is 4.77. The summed E-state index contributed by atoms with van der Waals surface area (Å²) in [6, 6.07) is 6.84. The van der Waals surface area contributed by atoms with E-state index in [0.29, 0.717) is 11.3 Å². The Morgan fingerprint density at radius 3 is 2.43 bits per heavy atom. The van der Waals surface area contributed by atoms with Crippen LogP contribution in [0.4, 0.5) is 5.69 Å². The third-order valence-electron chi connectivity index (χ3n) is 4.77. The van der Waals surface area contributed by atoms with Gasteiger partial charge in [-0.3, -0.25) is 9.59 Å². The van der Waals surface area contributed by atoms with Crippen molar-refractivity contribution in [3.8, 4) is 0 Å². The molecule has 5 atom stereocenters. The number of carbonyl (C=O) groups is 2. The molecule has 1 saturated heterocycles. The van der Waals surface area contributed by atoms with Gasteiger partial charge in [0, 0.05) is 17.7 Å². The number of carbonyl (C=O) groups excluding carboxylic acids is 1. The van der Waals surface area contributed by atoms with Gasteiger partial charge in [-0.2, -0.15) is 0 Å². The summed E-state index contributed by atoms with van der Waals surface area (Å²) in [5, 5.41) is 9.23. The average Bonchev–Trinajstić information content (AvgIpc) is 2.49. The largest absolute Gasteiger partial charge is 0.481 e. The van der Waals surface area contributed by atoms with Crippen molar-refractivity contribution < 1.29 is 19.4 Å². The zero-order valence-electron chi connectivity index (χ0n) is 13.9. The Morgan fingerprint density at radius 2 is 1.87 bits per heavy atom. The molecular weight excluding hydrogens is 294 g/mol. The molecule has 0 aliphatic carbocycles. The topological polar surface area (TPSA) is 89.6 Å². The van der Waals surface area contributed by atoms with Crippen molar-refractivity contribution in [3.63, 3.8) is 0 Å². The molecule has 1 heterocycles. The van der Waals surface area contributed by atoms with Crippen LogP contribution in [0.1, 0.15) is 44.0 Å². The van der Waals surface area contributed by atoms with Crippen LogP contribution in [0.5, 0.6) is 0 Å². The summed E-state index contributed by atoms with van der Waals surface area (Å²) >= 11 is 0. The zero-order valence-corrected chi connectivity index (χ0v) is 13.9. The van der Waals surface area contributed by atoms with Crippen LogP contribution in [0.3, 0.4) is 0 Å². The van der Waals surface area contributed by atoms with Crippen molar-refractivity contribution >= 4 is 17.4 Å². The number of carboxylic acids is 1. The van der Waals surface area contributed by atoms with Crippen LogP contribution in [0.2, 0.25) is 0 Å². The highest BCUT2D eigenvalue weighted by atomic mass is 16.5. The highest BCUT2D eigenvalue weighted by Gasteiger charge is 2.39. The Morgan fingerprint density at radius 1 is 1.26 bits per heavy atom. The number of ketones is 1. The van der Waals surface area contributed by atoms with Gasteiger partial charge in [-0.15, -0.1) is 0 Å². The smallest absolute Gasteiger partial charge is 0.308 e. The van der Waals surface area contributed by atoms with Gasteiger partial charge in [-0.1, -0.05) is 13.8 Å². The van der Waals surface area contributed by atoms with Crippen LogP contribution in [-0.2, 0) is 9.53 Å². The van der Waals surface area contributed by atoms with Crippen LogP contribution in [0, 0.1) is 17.8 Å². The van der Waals surface area contributed by atoms with Crippen LogP contribution < -0.4 is 5.73 Å². The lowest BCUT2D eigenvalue weighted by Gasteiger charge is -2.40. The number of nitrogen functional groups attached to an aromatic ring is 1. The number of aliphatic carboxylic acids is 1. The first kappa shape index (κ1) is 17.5. The van der Waals surface area contributed by atoms with E-state index in [1.54, 1.807) is 31.2 Å². The molecule has 0 amide bonds. The number of hydrogen-bond acceptors (Lipinski definition) is 4. The minimum absolute atomic E-state index is 0.00173. The number of ether oxygens (including phenoxy) is 1. The first-order valence-electron chi connectivity index (χ1n) is 8.06. The van der Waals surface area contributed by atoms with E-state index in [9.17, 15) is 14.7 Å². The number of rotatable bonds is 5. The number of nitrogens with two attached hydrogens (primary N) is 1. The molecule has 23 heavy (non-hydrogen) atoms. The maximum absolute atomic E-state index is 12.4. The van der Waals surface area contributed by atoms with Crippen molar-refractivity contribution in [3.05, 3.63) is 29.8 Å². The molecule has 5 nitrogen and oxygen atoms in total. The van der Waals surface area contributed by atoms with Gasteiger partial charge < -0.3 is 15.6 Å². The average molecular weight is 319 g/mol. The van der Waals surface area contributed by atoms with Gasteiger partial charge in [0.2, 0.25) is 0 Å². The Bertz CT molecular complexity index is 569. The van der Waals surface area contributed by atoms with E-state index < -0.39 is 11.9 Å². The van der Waals surface area contributed by atoms with Crippen LogP contribution in [0.15, 0.2) is 24.3 Å². The standard InChI is InChI=1S/C18H25NO4/c1-10-8-11(2)17(12(3)18(21)22)23-16(10)9-15(20)13-4-6-14(19)7-5-13/h4-7,10-12,16-17H,8-9,19H2,1-3H3,(H,21,22)/t10-,11-,12-,16+,17+/m1/s1. The molecule has 5 heteroatoms. The second-order valence-corrected chi connectivity index (χ2v) is 6.71. The zero-order chi connectivity index (χ0) is 17.1. The number of hydrogen-bond donors (Lipinski definition) is 2. The Labute approximate surface area is 136 Å². The van der Waals surface area contributed by atoms with Gasteiger partial charge in [0.25, 0.3) is 0 Å². The van der Waals surface area contributed by atoms with E-state index in [0.717, 1.165) is 6.42 Å². The molecule has 1 fully saturated rings. The first-order chi connectivity index (χ1) is 10.8. The summed E-state index contributed by atoms with van der Waals surface area (Å²) in [5.41, 5.74) is 6.86. The Hall–Kier alpha value is -1.88. The van der Waals surface area contributed by atoms with Gasteiger partial charge >= 0.3 is 5.97 Å². The Kier molecular flexibility index (Phi) is 5.42. The van der Waals surface area contributed by atoms with E-state index in [1.807, 2.05) is 6.92 Å². The van der Waals surface area contributed by atoms with E-state index >= 15 is 0 Å². The van der Waals surface area contributed by atoms with Gasteiger partial charge in [-0.25, -0.2) is 0 Å². The fraction of sp³-hybridized carbons (Fsp3) is 0.556. The highest BCUT2D eigenvalue weighted by molar-refractivity contribution is 5.96. The summed E-state index contributed by atoms with van der Waals surface area (Å²) in [6.45, 7) is 5.73. The molecule has 0 aromatic heterocycles. The first-order valence-corrected chi connectivity index (χ1v) is 8.06. The molecule has 0 bridgehead atoms.